The number of amides is 2. The Hall–Kier alpha value is -2.61. The maximum absolute atomic E-state index is 12.2. The van der Waals surface area contributed by atoms with Crippen molar-refractivity contribution in [2.45, 2.75) is 72.9 Å². The number of hydrogen-bond acceptors (Lipinski definition) is 10. The molecule has 1 atom stereocenters. The highest BCUT2D eigenvalue weighted by Crippen LogP contribution is 2.24. The lowest BCUT2D eigenvalue weighted by Crippen LogP contribution is -2.41. The number of ether oxygens (including phenoxy) is 4. The van der Waals surface area contributed by atoms with Crippen LogP contribution in [0, 0.1) is 5.41 Å². The van der Waals surface area contributed by atoms with Gasteiger partial charge in [-0.25, -0.2) is 0 Å². The van der Waals surface area contributed by atoms with E-state index < -0.39 is 0 Å². The maximum atomic E-state index is 12.2. The zero-order valence-corrected chi connectivity index (χ0v) is 30.5. The largest absolute Gasteiger partial charge is 0.377 e. The summed E-state index contributed by atoms with van der Waals surface area (Å²) in [4.78, 5) is 45.8. The van der Waals surface area contributed by atoms with Crippen molar-refractivity contribution >= 4 is 41.9 Å². The van der Waals surface area contributed by atoms with Crippen LogP contribution in [0.1, 0.15) is 71.4 Å². The molecule has 2 amide bonds. The highest BCUT2D eigenvalue weighted by atomic mass is 32.1. The minimum Gasteiger partial charge on any atom is -0.377 e. The minimum absolute atomic E-state index is 0.0402. The Kier molecular flexibility index (Phi) is 25.8. The Balaban J connectivity index is 0.000000762. The van der Waals surface area contributed by atoms with E-state index in [0.717, 1.165) is 48.1 Å². The second kappa shape index (κ2) is 27.4. The molecule has 2 rings (SSSR count). The fourth-order valence-electron chi connectivity index (χ4n) is 3.92. The first-order chi connectivity index (χ1) is 22.4. The van der Waals surface area contributed by atoms with Crippen LogP contribution >= 0.6 is 12.6 Å². The molecule has 1 saturated heterocycles. The van der Waals surface area contributed by atoms with Gasteiger partial charge in [-0.05, 0) is 56.3 Å². The van der Waals surface area contributed by atoms with Crippen molar-refractivity contribution < 1.29 is 38.1 Å². The molecule has 1 aromatic rings. The predicted molar refractivity (Wildman–Crippen MR) is 189 cm³/mol. The molecule has 268 valence electrons. The number of nitrogens with one attached hydrogen (secondary N) is 2. The number of allylic oxidation sites excluding steroid dienone is 1. The Morgan fingerprint density at radius 2 is 1.53 bits per heavy atom. The van der Waals surface area contributed by atoms with Crippen LogP contribution in [0.3, 0.4) is 0 Å². The first-order valence-electron chi connectivity index (χ1n) is 16.2. The highest BCUT2D eigenvalue weighted by Gasteiger charge is 2.27. The molecule has 0 saturated carbocycles. The standard InChI is InChI=1S/C18H26N2OS.C11H21NO6.C6H12O/c1-4-13(2)17(22)15-9-7-14(8-10-15)12-19-18(21)16-6-5-11-20(16)3;1-12-11(14)10-18-9-8-17-7-6-16-5-4-15-3-2-13;1-6(2,3)4-5-7/h7-10,16,22H,4-6,11-12H2,1-3H3,(H,19,21);2H,3-10H2,1H3,(H,12,14);5H,4H2,1-3H3/b17-13-;;. The van der Waals surface area contributed by atoms with Crippen LogP contribution in [0.2, 0.25) is 0 Å². The molecule has 0 radical (unpaired) electrons. The molecular weight excluding hydrogens is 622 g/mol. The lowest BCUT2D eigenvalue weighted by Gasteiger charge is -2.18. The molecule has 2 N–H and O–H groups in total. The van der Waals surface area contributed by atoms with Gasteiger partial charge in [-0.2, -0.15) is 0 Å². The molecule has 1 aliphatic heterocycles. The number of likely N-dealkylation sites (N-methyl/N-ethyl adjacent to an activating group) is 2. The number of hydrogen-bond donors (Lipinski definition) is 3. The van der Waals surface area contributed by atoms with Crippen LogP contribution in [-0.4, -0.2) is 109 Å². The van der Waals surface area contributed by atoms with Crippen LogP contribution in [0.15, 0.2) is 29.8 Å². The average Bonchev–Trinajstić information content (AvgIpc) is 3.49. The first kappa shape index (κ1) is 44.4. The van der Waals surface area contributed by atoms with Crippen molar-refractivity contribution in [1.82, 2.24) is 15.5 Å². The first-order valence-corrected chi connectivity index (χ1v) is 16.7. The van der Waals surface area contributed by atoms with E-state index in [4.69, 9.17) is 18.9 Å². The quantitative estimate of drug-likeness (QED) is 0.112. The van der Waals surface area contributed by atoms with Crippen molar-refractivity contribution in [3.05, 3.63) is 41.0 Å². The fourth-order valence-corrected chi connectivity index (χ4v) is 4.23. The van der Waals surface area contributed by atoms with E-state index in [2.05, 4.69) is 66.3 Å². The van der Waals surface area contributed by atoms with Crippen LogP contribution in [0.25, 0.3) is 4.91 Å². The molecule has 0 aliphatic carbocycles. The smallest absolute Gasteiger partial charge is 0.245 e. The summed E-state index contributed by atoms with van der Waals surface area (Å²) >= 11 is 4.59. The third-order valence-corrected chi connectivity index (χ3v) is 7.60. The molecule has 1 aromatic carbocycles. The Bertz CT molecular complexity index is 1040. The Labute approximate surface area is 287 Å². The van der Waals surface area contributed by atoms with Gasteiger partial charge in [-0.1, -0.05) is 57.5 Å². The number of benzene rings is 1. The van der Waals surface area contributed by atoms with Crippen LogP contribution in [0.5, 0.6) is 0 Å². The maximum Gasteiger partial charge on any atom is 0.245 e. The number of likely N-dealkylation sites (tertiary alicyclic amines) is 1. The number of carbonyl (C=O) groups excluding carboxylic acids is 4. The Morgan fingerprint density at radius 1 is 0.957 bits per heavy atom. The predicted octanol–water partition coefficient (Wildman–Crippen LogP) is 4.09. The molecule has 11 nitrogen and oxygen atoms in total. The molecule has 1 aliphatic rings. The molecule has 47 heavy (non-hydrogen) atoms. The molecule has 12 heteroatoms. The molecule has 1 fully saturated rings. The highest BCUT2D eigenvalue weighted by molar-refractivity contribution is 7.90. The fraction of sp³-hybridized carbons (Fsp3) is 0.657. The van der Waals surface area contributed by atoms with Crippen LogP contribution in [-0.2, 0) is 44.7 Å². The van der Waals surface area contributed by atoms with Gasteiger partial charge in [0.15, 0.2) is 0 Å². The van der Waals surface area contributed by atoms with Crippen LogP contribution < -0.4 is 10.6 Å². The van der Waals surface area contributed by atoms with E-state index in [1.54, 1.807) is 7.05 Å². The summed E-state index contributed by atoms with van der Waals surface area (Å²) in [5.41, 5.74) is 3.72. The molecule has 0 aromatic heterocycles. The number of rotatable bonds is 19. The van der Waals surface area contributed by atoms with E-state index >= 15 is 0 Å². The number of carbonyl (C=O) groups is 4. The average molecular weight is 682 g/mol. The van der Waals surface area contributed by atoms with Gasteiger partial charge in [0.25, 0.3) is 0 Å². The SMILES string of the molecule is CC(C)(C)CC=O.CC/C(C)=C(\S)c1ccc(CNC(=O)C2CCCN2C)cc1.CNC(=O)COCCOCCOCCOCC=O. The number of aldehydes is 2. The molecule has 0 spiro atoms. The number of thiol groups is 1. The third kappa shape index (κ3) is 23.4. The Morgan fingerprint density at radius 3 is 1.98 bits per heavy atom. The summed E-state index contributed by atoms with van der Waals surface area (Å²) in [6.45, 7) is 14.6. The third-order valence-electron chi connectivity index (χ3n) is 6.96. The van der Waals surface area contributed by atoms with Gasteiger partial charge >= 0.3 is 0 Å². The summed E-state index contributed by atoms with van der Waals surface area (Å²) < 4.78 is 20.3. The van der Waals surface area contributed by atoms with Crippen LogP contribution in [0.4, 0.5) is 0 Å². The summed E-state index contributed by atoms with van der Waals surface area (Å²) in [7, 11) is 3.57. The van der Waals surface area contributed by atoms with Gasteiger partial charge in [0.2, 0.25) is 11.8 Å². The molecule has 1 unspecified atom stereocenters. The van der Waals surface area contributed by atoms with Gasteiger partial charge in [0, 0.05) is 24.9 Å². The summed E-state index contributed by atoms with van der Waals surface area (Å²) in [6.07, 6.45) is 5.39. The lowest BCUT2D eigenvalue weighted by molar-refractivity contribution is -0.126. The molecule has 1 heterocycles. The van der Waals surface area contributed by atoms with E-state index in [9.17, 15) is 19.2 Å². The van der Waals surface area contributed by atoms with Crippen molar-refractivity contribution in [3.8, 4) is 0 Å². The molecular formula is C35H59N3O8S. The molecule has 0 bridgehead atoms. The van der Waals surface area contributed by atoms with E-state index in [-0.39, 0.29) is 36.5 Å². The zero-order chi connectivity index (χ0) is 35.5. The van der Waals surface area contributed by atoms with Crippen molar-refractivity contribution in [2.75, 3.05) is 73.5 Å². The zero-order valence-electron chi connectivity index (χ0n) is 29.6. The topological polar surface area (TPSA) is 133 Å². The van der Waals surface area contributed by atoms with Gasteiger partial charge in [-0.3, -0.25) is 14.5 Å². The van der Waals surface area contributed by atoms with E-state index in [0.29, 0.717) is 58.9 Å². The van der Waals surface area contributed by atoms with Gasteiger partial charge in [-0.15, -0.1) is 12.6 Å². The second-order valence-corrected chi connectivity index (χ2v) is 12.6. The second-order valence-electron chi connectivity index (χ2n) is 12.2. The van der Waals surface area contributed by atoms with Gasteiger partial charge in [0.05, 0.1) is 45.7 Å². The van der Waals surface area contributed by atoms with E-state index in [1.807, 2.05) is 27.8 Å². The summed E-state index contributed by atoms with van der Waals surface area (Å²) in [5.74, 6) is -0.0191. The van der Waals surface area contributed by atoms with Gasteiger partial charge in [0.1, 0.15) is 25.8 Å². The minimum atomic E-state index is -0.159. The monoisotopic (exact) mass is 681 g/mol. The normalized spacial score (nSPS) is 14.9. The summed E-state index contributed by atoms with van der Waals surface area (Å²) in [5, 5.41) is 5.49. The lowest BCUT2D eigenvalue weighted by atomic mass is 9.93. The van der Waals surface area contributed by atoms with Gasteiger partial charge < -0.3 is 39.2 Å². The summed E-state index contributed by atoms with van der Waals surface area (Å²) in [6, 6.07) is 8.31. The van der Waals surface area contributed by atoms with Crippen molar-refractivity contribution in [1.29, 1.82) is 0 Å². The van der Waals surface area contributed by atoms with E-state index in [1.165, 1.54) is 5.57 Å². The number of nitrogens with zero attached hydrogens (tertiary/aromatic N) is 1. The van der Waals surface area contributed by atoms with Crippen molar-refractivity contribution in [3.63, 3.8) is 0 Å². The van der Waals surface area contributed by atoms with Crippen molar-refractivity contribution in [2.24, 2.45) is 5.41 Å².